The second-order valence-corrected chi connectivity index (χ2v) is 5.77. The molecule has 5 nitrogen and oxygen atoms in total. The van der Waals surface area contributed by atoms with Gasteiger partial charge in [-0.15, -0.1) is 0 Å². The number of benzene rings is 1. The number of rotatable bonds is 4. The molecule has 0 N–H and O–H groups in total. The highest BCUT2D eigenvalue weighted by Gasteiger charge is 2.41. The smallest absolute Gasteiger partial charge is 0.326 e. The molecule has 0 unspecified atom stereocenters. The van der Waals surface area contributed by atoms with E-state index in [9.17, 15) is 9.59 Å². The summed E-state index contributed by atoms with van der Waals surface area (Å²) in [6, 6.07) is 4.98. The SMILES string of the molecule is CCCOC(=O)CN1C(=O)C(C)(C)Oc2ccc(Cl)cc21. The molecule has 1 aromatic carbocycles. The average molecular weight is 312 g/mol. The van der Waals surface area contributed by atoms with Gasteiger partial charge in [-0.2, -0.15) is 0 Å². The van der Waals surface area contributed by atoms with Crippen molar-refractivity contribution in [3.8, 4) is 5.75 Å². The third-order valence-corrected chi connectivity index (χ3v) is 3.33. The Hall–Kier alpha value is -1.75. The lowest BCUT2D eigenvalue weighted by Crippen LogP contribution is -2.54. The summed E-state index contributed by atoms with van der Waals surface area (Å²) in [5.74, 6) is -0.230. The number of nitrogens with zero attached hydrogens (tertiary/aromatic N) is 1. The molecule has 0 atom stereocenters. The number of halogens is 1. The largest absolute Gasteiger partial charge is 0.476 e. The van der Waals surface area contributed by atoms with Crippen molar-refractivity contribution >= 4 is 29.2 Å². The van der Waals surface area contributed by atoms with Crippen LogP contribution in [-0.2, 0) is 14.3 Å². The topological polar surface area (TPSA) is 55.8 Å². The highest BCUT2D eigenvalue weighted by molar-refractivity contribution is 6.31. The minimum atomic E-state index is -1.04. The molecule has 0 saturated carbocycles. The van der Waals surface area contributed by atoms with Gasteiger partial charge in [-0.25, -0.2) is 0 Å². The van der Waals surface area contributed by atoms with Crippen LogP contribution in [0.15, 0.2) is 18.2 Å². The zero-order chi connectivity index (χ0) is 15.6. The zero-order valence-electron chi connectivity index (χ0n) is 12.3. The van der Waals surface area contributed by atoms with E-state index in [1.54, 1.807) is 32.0 Å². The molecule has 114 valence electrons. The molecule has 1 aromatic rings. The van der Waals surface area contributed by atoms with Crippen LogP contribution in [0.3, 0.4) is 0 Å². The van der Waals surface area contributed by atoms with E-state index in [1.807, 2.05) is 6.92 Å². The van der Waals surface area contributed by atoms with Gasteiger partial charge in [0.05, 0.1) is 12.3 Å². The maximum atomic E-state index is 12.5. The van der Waals surface area contributed by atoms with Gasteiger partial charge in [0.25, 0.3) is 5.91 Å². The molecule has 0 aliphatic carbocycles. The van der Waals surface area contributed by atoms with Crippen molar-refractivity contribution in [1.82, 2.24) is 0 Å². The Morgan fingerprint density at radius 2 is 2.14 bits per heavy atom. The van der Waals surface area contributed by atoms with Gasteiger partial charge in [0, 0.05) is 5.02 Å². The summed E-state index contributed by atoms with van der Waals surface area (Å²) in [6.45, 7) is 5.42. The van der Waals surface area contributed by atoms with Crippen LogP contribution in [0.4, 0.5) is 5.69 Å². The third-order valence-electron chi connectivity index (χ3n) is 3.09. The van der Waals surface area contributed by atoms with Crippen LogP contribution in [0, 0.1) is 0 Å². The molecular weight excluding hydrogens is 294 g/mol. The average Bonchev–Trinajstić information content (AvgIpc) is 2.42. The summed E-state index contributed by atoms with van der Waals surface area (Å²) < 4.78 is 10.7. The van der Waals surface area contributed by atoms with Crippen molar-refractivity contribution in [2.45, 2.75) is 32.8 Å². The predicted octanol–water partition coefficient (Wildman–Crippen LogP) is 2.80. The number of hydrogen-bond donors (Lipinski definition) is 0. The van der Waals surface area contributed by atoms with Crippen molar-refractivity contribution in [3.05, 3.63) is 23.2 Å². The Morgan fingerprint density at radius 1 is 1.43 bits per heavy atom. The third kappa shape index (κ3) is 3.29. The molecule has 1 aliphatic rings. The number of ether oxygens (including phenoxy) is 2. The summed E-state index contributed by atoms with van der Waals surface area (Å²) >= 11 is 5.97. The molecule has 1 heterocycles. The summed E-state index contributed by atoms with van der Waals surface area (Å²) in [6.07, 6.45) is 0.733. The molecule has 0 fully saturated rings. The Bertz CT molecular complexity index is 571. The van der Waals surface area contributed by atoms with E-state index in [-0.39, 0.29) is 12.5 Å². The Kier molecular flexibility index (Phi) is 4.42. The van der Waals surface area contributed by atoms with Gasteiger partial charge in [-0.05, 0) is 38.5 Å². The van der Waals surface area contributed by atoms with E-state index in [2.05, 4.69) is 0 Å². The fraction of sp³-hybridized carbons (Fsp3) is 0.467. The highest BCUT2D eigenvalue weighted by Crippen LogP contribution is 2.39. The maximum Gasteiger partial charge on any atom is 0.326 e. The molecule has 1 aliphatic heterocycles. The minimum absolute atomic E-state index is 0.154. The normalized spacial score (nSPS) is 16.2. The lowest BCUT2D eigenvalue weighted by molar-refractivity contribution is -0.144. The van der Waals surface area contributed by atoms with Crippen molar-refractivity contribution in [1.29, 1.82) is 0 Å². The Morgan fingerprint density at radius 3 is 2.81 bits per heavy atom. The number of esters is 1. The second-order valence-electron chi connectivity index (χ2n) is 5.34. The van der Waals surface area contributed by atoms with Crippen molar-refractivity contribution in [2.75, 3.05) is 18.1 Å². The lowest BCUT2D eigenvalue weighted by Gasteiger charge is -2.38. The van der Waals surface area contributed by atoms with Crippen LogP contribution in [0.2, 0.25) is 5.02 Å². The van der Waals surface area contributed by atoms with Crippen molar-refractivity contribution in [3.63, 3.8) is 0 Å². The van der Waals surface area contributed by atoms with Crippen LogP contribution in [-0.4, -0.2) is 30.6 Å². The van der Waals surface area contributed by atoms with E-state index >= 15 is 0 Å². The molecule has 1 amide bonds. The first-order valence-electron chi connectivity index (χ1n) is 6.81. The first-order chi connectivity index (χ1) is 9.85. The van der Waals surface area contributed by atoms with Crippen molar-refractivity contribution in [2.24, 2.45) is 0 Å². The van der Waals surface area contributed by atoms with Crippen molar-refractivity contribution < 1.29 is 19.1 Å². The number of hydrogen-bond acceptors (Lipinski definition) is 4. The molecule has 6 heteroatoms. The van der Waals surface area contributed by atoms with Crippen LogP contribution >= 0.6 is 11.6 Å². The summed E-state index contributed by atoms with van der Waals surface area (Å²) in [5.41, 5.74) is -0.549. The number of carbonyl (C=O) groups excluding carboxylic acids is 2. The number of fused-ring (bicyclic) bond motifs is 1. The van der Waals surface area contributed by atoms with Crippen LogP contribution < -0.4 is 9.64 Å². The number of anilines is 1. The molecule has 0 spiro atoms. The van der Waals surface area contributed by atoms with E-state index in [4.69, 9.17) is 21.1 Å². The predicted molar refractivity (Wildman–Crippen MR) is 79.8 cm³/mol. The molecule has 21 heavy (non-hydrogen) atoms. The quantitative estimate of drug-likeness (QED) is 0.802. The van der Waals surface area contributed by atoms with Gasteiger partial charge >= 0.3 is 5.97 Å². The van der Waals surface area contributed by atoms with Gasteiger partial charge in [0.1, 0.15) is 12.3 Å². The fourth-order valence-corrected chi connectivity index (χ4v) is 2.25. The van der Waals surface area contributed by atoms with Crippen LogP contribution in [0.25, 0.3) is 0 Å². The van der Waals surface area contributed by atoms with Gasteiger partial charge in [0.15, 0.2) is 5.60 Å². The summed E-state index contributed by atoms with van der Waals surface area (Å²) in [4.78, 5) is 25.7. The molecule has 0 bridgehead atoms. The summed E-state index contributed by atoms with van der Waals surface area (Å²) in [7, 11) is 0. The van der Waals surface area contributed by atoms with E-state index in [0.29, 0.717) is 23.1 Å². The second kappa shape index (κ2) is 5.93. The Labute approximate surface area is 128 Å². The first kappa shape index (κ1) is 15.6. The first-order valence-corrected chi connectivity index (χ1v) is 7.19. The fourth-order valence-electron chi connectivity index (χ4n) is 2.09. The molecule has 0 saturated heterocycles. The standard InChI is InChI=1S/C15H18ClNO4/c1-4-7-20-13(18)9-17-11-8-10(16)5-6-12(11)21-15(2,3)14(17)19/h5-6,8H,4,7,9H2,1-3H3. The molecule has 2 rings (SSSR count). The van der Waals surface area contributed by atoms with E-state index in [0.717, 1.165) is 6.42 Å². The zero-order valence-corrected chi connectivity index (χ0v) is 13.1. The monoisotopic (exact) mass is 311 g/mol. The van der Waals surface area contributed by atoms with Gasteiger partial charge < -0.3 is 9.47 Å². The van der Waals surface area contributed by atoms with Crippen LogP contribution in [0.1, 0.15) is 27.2 Å². The van der Waals surface area contributed by atoms with Gasteiger partial charge in [0.2, 0.25) is 0 Å². The Balaban J connectivity index is 2.31. The number of amides is 1. The number of carbonyl (C=O) groups is 2. The lowest BCUT2D eigenvalue weighted by atomic mass is 10.0. The minimum Gasteiger partial charge on any atom is -0.476 e. The molecule has 0 radical (unpaired) electrons. The molecule has 0 aromatic heterocycles. The van der Waals surface area contributed by atoms with Crippen LogP contribution in [0.5, 0.6) is 5.75 Å². The van der Waals surface area contributed by atoms with Gasteiger partial charge in [-0.1, -0.05) is 18.5 Å². The highest BCUT2D eigenvalue weighted by atomic mass is 35.5. The van der Waals surface area contributed by atoms with E-state index < -0.39 is 11.6 Å². The summed E-state index contributed by atoms with van der Waals surface area (Å²) in [5, 5.41) is 0.469. The molecular formula is C15H18ClNO4. The van der Waals surface area contributed by atoms with E-state index in [1.165, 1.54) is 4.90 Å². The maximum absolute atomic E-state index is 12.5. The van der Waals surface area contributed by atoms with Gasteiger partial charge in [-0.3, -0.25) is 14.5 Å².